The van der Waals surface area contributed by atoms with E-state index in [1.165, 1.54) is 22.7 Å². The number of imidazole rings is 1. The Hall–Kier alpha value is -1.16. The molecule has 162 valence electrons. The molecule has 1 aliphatic rings. The van der Waals surface area contributed by atoms with E-state index in [2.05, 4.69) is 23.8 Å². The molecule has 15 nitrogen and oxygen atoms in total. The van der Waals surface area contributed by atoms with Crippen LogP contribution in [0.2, 0.25) is 0 Å². The van der Waals surface area contributed by atoms with Crippen molar-refractivity contribution in [2.45, 2.75) is 29.7 Å². The van der Waals surface area contributed by atoms with Crippen molar-refractivity contribution in [2.75, 3.05) is 18.6 Å². The average Bonchev–Trinajstić information content (AvgIpc) is 3.13. The lowest BCUT2D eigenvalue weighted by molar-refractivity contribution is -0.0503. The number of fused-ring (bicyclic) bond motifs is 1. The van der Waals surface area contributed by atoms with Gasteiger partial charge in [0.15, 0.2) is 22.8 Å². The number of aliphatic hydroxyl groups excluding tert-OH is 2. The highest BCUT2D eigenvalue weighted by molar-refractivity contribution is 7.98. The first kappa shape index (κ1) is 22.5. The van der Waals surface area contributed by atoms with Gasteiger partial charge in [0, 0.05) is 0 Å². The van der Waals surface area contributed by atoms with Gasteiger partial charge < -0.3 is 35.4 Å². The number of nitrogens with zero attached hydrogens (tertiary/aromatic N) is 4. The van der Waals surface area contributed by atoms with Crippen molar-refractivity contribution in [3.63, 3.8) is 0 Å². The molecular formula is C11H17N5O10P2S. The van der Waals surface area contributed by atoms with Gasteiger partial charge in [-0.3, -0.25) is 9.09 Å². The van der Waals surface area contributed by atoms with Crippen molar-refractivity contribution in [2.24, 2.45) is 0 Å². The lowest BCUT2D eigenvalue weighted by Crippen LogP contribution is -2.33. The number of nitrogen functional groups attached to an aromatic ring is 1. The number of aromatic nitrogens is 4. The lowest BCUT2D eigenvalue weighted by Gasteiger charge is -2.17. The predicted octanol–water partition coefficient (Wildman–Crippen LogP) is -1.02. The average molecular weight is 473 g/mol. The van der Waals surface area contributed by atoms with E-state index in [0.29, 0.717) is 5.16 Å². The second kappa shape index (κ2) is 8.17. The third-order valence-electron chi connectivity index (χ3n) is 3.83. The standard InChI is InChI=1S/C11H17N5O10P2S/c1-29-11-14-8(12)5-9(15-11)16(3-13-5)10-7(18)6(17)4(25-10)2-24-28(22,23)26-27(19,20)21/h3-4,6-7,10,17-18H,2H2,1H3,(H,22,23)(H2,12,14,15)(H2,19,20,21)/t4-,6-,7?,10-/m1/s1. The van der Waals surface area contributed by atoms with Gasteiger partial charge in [0.05, 0.1) is 12.9 Å². The molecule has 1 saturated heterocycles. The molecule has 2 unspecified atom stereocenters. The zero-order chi connectivity index (χ0) is 21.6. The number of ether oxygens (including phenoxy) is 1. The second-order valence-corrected chi connectivity index (χ2v) is 9.41. The summed E-state index contributed by atoms with van der Waals surface area (Å²) in [6.45, 7) is -0.817. The largest absolute Gasteiger partial charge is 0.481 e. The molecule has 3 heterocycles. The van der Waals surface area contributed by atoms with E-state index in [1.807, 2.05) is 0 Å². The van der Waals surface area contributed by atoms with Gasteiger partial charge in [-0.2, -0.15) is 4.31 Å². The summed E-state index contributed by atoms with van der Waals surface area (Å²) in [5.41, 5.74) is 6.29. The predicted molar refractivity (Wildman–Crippen MR) is 96.3 cm³/mol. The Bertz CT molecular complexity index is 1000. The van der Waals surface area contributed by atoms with Crippen molar-refractivity contribution in [3.05, 3.63) is 6.33 Å². The molecule has 2 aromatic rings. The molecule has 1 fully saturated rings. The van der Waals surface area contributed by atoms with Gasteiger partial charge in [-0.1, -0.05) is 11.8 Å². The Morgan fingerprint density at radius 3 is 2.59 bits per heavy atom. The summed E-state index contributed by atoms with van der Waals surface area (Å²) in [4.78, 5) is 38.8. The van der Waals surface area contributed by atoms with E-state index in [0.717, 1.165) is 0 Å². The van der Waals surface area contributed by atoms with Gasteiger partial charge in [-0.15, -0.1) is 0 Å². The van der Waals surface area contributed by atoms with Crippen LogP contribution in [0, 0.1) is 0 Å². The summed E-state index contributed by atoms with van der Waals surface area (Å²) in [6.07, 6.45) is -2.66. The SMILES string of the molecule is CSc1nc(N)c2ncn([C@@H]3O[C@H](COP(=O)(O)OP(=O)(O)O)[C@@H](O)C3O)c2n1. The number of phosphoric ester groups is 1. The second-order valence-electron chi connectivity index (χ2n) is 5.80. The number of phosphoric acid groups is 2. The van der Waals surface area contributed by atoms with Crippen LogP contribution in [0.5, 0.6) is 0 Å². The normalized spacial score (nSPS) is 27.4. The van der Waals surface area contributed by atoms with E-state index in [1.54, 1.807) is 6.26 Å². The fourth-order valence-electron chi connectivity index (χ4n) is 2.62. The lowest BCUT2D eigenvalue weighted by atomic mass is 10.1. The van der Waals surface area contributed by atoms with Crippen LogP contribution in [0.1, 0.15) is 6.23 Å². The van der Waals surface area contributed by atoms with Gasteiger partial charge in [-0.05, 0) is 6.26 Å². The molecule has 0 saturated carbocycles. The Kier molecular flexibility index (Phi) is 6.34. The monoisotopic (exact) mass is 473 g/mol. The molecule has 5 atom stereocenters. The summed E-state index contributed by atoms with van der Waals surface area (Å²) in [6, 6.07) is 0. The highest BCUT2D eigenvalue weighted by atomic mass is 32.2. The zero-order valence-corrected chi connectivity index (χ0v) is 17.1. The summed E-state index contributed by atoms with van der Waals surface area (Å²) < 4.78 is 37.1. The number of thioether (sulfide) groups is 1. The molecule has 3 rings (SSSR count). The molecule has 0 aromatic carbocycles. The van der Waals surface area contributed by atoms with Crippen LogP contribution in [0.25, 0.3) is 11.2 Å². The van der Waals surface area contributed by atoms with Gasteiger partial charge in [0.1, 0.15) is 23.8 Å². The van der Waals surface area contributed by atoms with Crippen LogP contribution in [-0.4, -0.2) is 75.6 Å². The van der Waals surface area contributed by atoms with Crippen molar-refractivity contribution in [3.8, 4) is 0 Å². The Morgan fingerprint density at radius 2 is 1.97 bits per heavy atom. The van der Waals surface area contributed by atoms with E-state index < -0.39 is 46.8 Å². The Balaban J connectivity index is 1.80. The molecular weight excluding hydrogens is 456 g/mol. The van der Waals surface area contributed by atoms with E-state index in [-0.39, 0.29) is 17.0 Å². The Labute approximate surface area is 166 Å². The van der Waals surface area contributed by atoms with Crippen LogP contribution < -0.4 is 5.73 Å². The molecule has 2 aromatic heterocycles. The first-order chi connectivity index (χ1) is 13.4. The molecule has 18 heteroatoms. The molecule has 29 heavy (non-hydrogen) atoms. The molecule has 0 amide bonds. The van der Waals surface area contributed by atoms with Crippen LogP contribution in [0.3, 0.4) is 0 Å². The van der Waals surface area contributed by atoms with Crippen LogP contribution in [0.4, 0.5) is 5.82 Å². The number of hydrogen-bond donors (Lipinski definition) is 6. The molecule has 0 bridgehead atoms. The zero-order valence-electron chi connectivity index (χ0n) is 14.5. The van der Waals surface area contributed by atoms with E-state index >= 15 is 0 Å². The molecule has 1 aliphatic heterocycles. The van der Waals surface area contributed by atoms with Crippen LogP contribution >= 0.6 is 27.4 Å². The highest BCUT2D eigenvalue weighted by Gasteiger charge is 2.46. The van der Waals surface area contributed by atoms with Crippen molar-refractivity contribution < 1.29 is 47.6 Å². The van der Waals surface area contributed by atoms with Gasteiger partial charge in [0.25, 0.3) is 0 Å². The minimum atomic E-state index is -5.30. The summed E-state index contributed by atoms with van der Waals surface area (Å²) in [5.74, 6) is 0.0989. The maximum Gasteiger partial charge on any atom is 0.481 e. The molecule has 0 radical (unpaired) electrons. The fourth-order valence-corrected chi connectivity index (χ4v) is 4.58. The van der Waals surface area contributed by atoms with Gasteiger partial charge in [0.2, 0.25) is 0 Å². The van der Waals surface area contributed by atoms with Gasteiger partial charge >= 0.3 is 15.6 Å². The summed E-state index contributed by atoms with van der Waals surface area (Å²) in [5, 5.41) is 20.8. The van der Waals surface area contributed by atoms with Crippen molar-refractivity contribution >= 4 is 44.4 Å². The number of anilines is 1. The van der Waals surface area contributed by atoms with E-state index in [4.69, 9.17) is 20.3 Å². The molecule has 0 spiro atoms. The van der Waals surface area contributed by atoms with E-state index in [9.17, 15) is 24.2 Å². The summed E-state index contributed by atoms with van der Waals surface area (Å²) >= 11 is 1.22. The minimum Gasteiger partial charge on any atom is -0.387 e. The smallest absolute Gasteiger partial charge is 0.387 e. The number of aliphatic hydroxyl groups is 2. The van der Waals surface area contributed by atoms with Crippen LogP contribution in [0.15, 0.2) is 11.5 Å². The first-order valence-corrected chi connectivity index (χ1v) is 12.0. The number of nitrogens with two attached hydrogens (primary N) is 1. The number of hydrogen-bond acceptors (Lipinski definition) is 12. The third kappa shape index (κ3) is 4.95. The minimum absolute atomic E-state index is 0.0989. The van der Waals surface area contributed by atoms with Gasteiger partial charge in [-0.25, -0.2) is 24.1 Å². The first-order valence-electron chi connectivity index (χ1n) is 7.71. The number of rotatable bonds is 7. The maximum atomic E-state index is 11.5. The van der Waals surface area contributed by atoms with Crippen molar-refractivity contribution in [1.82, 2.24) is 19.5 Å². The van der Waals surface area contributed by atoms with Crippen LogP contribution in [-0.2, 0) is 22.7 Å². The fraction of sp³-hybridized carbons (Fsp3) is 0.545. The maximum absolute atomic E-state index is 11.5. The summed E-state index contributed by atoms with van der Waals surface area (Å²) in [7, 11) is -10.4. The quantitative estimate of drug-likeness (QED) is 0.160. The molecule has 0 aliphatic carbocycles. The third-order valence-corrected chi connectivity index (χ3v) is 6.53. The van der Waals surface area contributed by atoms with Crippen molar-refractivity contribution in [1.29, 1.82) is 0 Å². The topological polar surface area (TPSA) is 233 Å². The Morgan fingerprint density at radius 1 is 1.28 bits per heavy atom. The highest BCUT2D eigenvalue weighted by Crippen LogP contribution is 2.57. The molecule has 7 N–H and O–H groups in total.